The molecule has 2 unspecified atom stereocenters. The van der Waals surface area contributed by atoms with E-state index in [2.05, 4.69) is 5.32 Å². The van der Waals surface area contributed by atoms with Crippen LogP contribution in [0.1, 0.15) is 19.1 Å². The van der Waals surface area contributed by atoms with Crippen molar-refractivity contribution in [2.75, 3.05) is 19.8 Å². The molecule has 0 radical (unpaired) electrons. The molecule has 2 aromatic rings. The molecule has 2 N–H and O–H groups in total. The number of benzene rings is 1. The highest BCUT2D eigenvalue weighted by molar-refractivity contribution is 5.77. The quantitative estimate of drug-likeness (QED) is 0.887. The van der Waals surface area contributed by atoms with E-state index in [1.54, 1.807) is 6.92 Å². The van der Waals surface area contributed by atoms with Crippen LogP contribution < -0.4 is 5.32 Å². The van der Waals surface area contributed by atoms with E-state index >= 15 is 0 Å². The molecule has 102 valence electrons. The van der Waals surface area contributed by atoms with Gasteiger partial charge >= 0.3 is 0 Å². The Bertz CT molecular complexity index is 522. The highest BCUT2D eigenvalue weighted by atomic mass is 16.5. The van der Waals surface area contributed by atoms with Crippen LogP contribution in [0, 0.1) is 0 Å². The summed E-state index contributed by atoms with van der Waals surface area (Å²) in [6.07, 6.45) is 0.576. The lowest BCUT2D eigenvalue weighted by molar-refractivity contribution is -0.00957. The summed E-state index contributed by atoms with van der Waals surface area (Å²) in [6, 6.07) is 9.88. The Hall–Kier alpha value is -1.36. The SMILES string of the molecule is CC(O)(CC1COCCN1)c1cc2ccccc2o1. The molecule has 1 aromatic carbocycles. The minimum Gasteiger partial charge on any atom is -0.458 e. The number of rotatable bonds is 3. The van der Waals surface area contributed by atoms with Crippen LogP contribution in [-0.2, 0) is 10.3 Å². The lowest BCUT2D eigenvalue weighted by Crippen LogP contribution is -2.45. The van der Waals surface area contributed by atoms with Crippen LogP contribution in [-0.4, -0.2) is 30.9 Å². The molecule has 0 bridgehead atoms. The molecule has 4 heteroatoms. The van der Waals surface area contributed by atoms with Gasteiger partial charge in [0.25, 0.3) is 0 Å². The van der Waals surface area contributed by atoms with Crippen LogP contribution in [0.25, 0.3) is 11.0 Å². The van der Waals surface area contributed by atoms with Crippen LogP contribution >= 0.6 is 0 Å². The molecule has 3 rings (SSSR count). The van der Waals surface area contributed by atoms with Crippen LogP contribution in [0.2, 0.25) is 0 Å². The predicted octanol–water partition coefficient (Wildman–Crippen LogP) is 2.02. The number of furan rings is 1. The third kappa shape index (κ3) is 2.66. The first-order valence-electron chi connectivity index (χ1n) is 6.68. The van der Waals surface area contributed by atoms with Gasteiger partial charge in [0.05, 0.1) is 13.2 Å². The standard InChI is InChI=1S/C15H19NO3/c1-15(17,9-12-10-18-7-6-16-12)14-8-11-4-2-3-5-13(11)19-14/h2-5,8,12,16-17H,6-7,9-10H2,1H3. The van der Waals surface area contributed by atoms with Crippen LogP contribution in [0.3, 0.4) is 0 Å². The number of para-hydroxylation sites is 1. The van der Waals surface area contributed by atoms with Gasteiger partial charge in [-0.1, -0.05) is 18.2 Å². The third-order valence-electron chi connectivity index (χ3n) is 3.60. The Balaban J connectivity index is 1.81. The Morgan fingerprint density at radius 1 is 1.42 bits per heavy atom. The molecule has 4 nitrogen and oxygen atoms in total. The summed E-state index contributed by atoms with van der Waals surface area (Å²) in [5, 5.41) is 15.0. The van der Waals surface area contributed by atoms with E-state index in [4.69, 9.17) is 9.15 Å². The maximum atomic E-state index is 10.6. The molecule has 1 aliphatic rings. The zero-order valence-electron chi connectivity index (χ0n) is 11.1. The first-order chi connectivity index (χ1) is 9.15. The second-order valence-electron chi connectivity index (χ2n) is 5.35. The summed E-state index contributed by atoms with van der Waals surface area (Å²) in [6.45, 7) is 4.00. The van der Waals surface area contributed by atoms with Crippen LogP contribution in [0.15, 0.2) is 34.7 Å². The van der Waals surface area contributed by atoms with Crippen molar-refractivity contribution >= 4 is 11.0 Å². The monoisotopic (exact) mass is 261 g/mol. The molecule has 1 fully saturated rings. The molecular formula is C15H19NO3. The average Bonchev–Trinajstić information content (AvgIpc) is 2.84. The number of aliphatic hydroxyl groups is 1. The van der Waals surface area contributed by atoms with E-state index in [9.17, 15) is 5.11 Å². The van der Waals surface area contributed by atoms with Gasteiger partial charge in [-0.25, -0.2) is 0 Å². The maximum Gasteiger partial charge on any atom is 0.136 e. The molecule has 1 aromatic heterocycles. The van der Waals surface area contributed by atoms with E-state index < -0.39 is 5.60 Å². The Labute approximate surface area is 112 Å². The van der Waals surface area contributed by atoms with Gasteiger partial charge in [0.2, 0.25) is 0 Å². The largest absolute Gasteiger partial charge is 0.458 e. The molecule has 2 atom stereocenters. The van der Waals surface area contributed by atoms with E-state index in [1.807, 2.05) is 30.3 Å². The van der Waals surface area contributed by atoms with Gasteiger partial charge in [0.1, 0.15) is 16.9 Å². The van der Waals surface area contributed by atoms with E-state index in [0.717, 1.165) is 24.1 Å². The third-order valence-corrected chi connectivity index (χ3v) is 3.60. The normalized spacial score (nSPS) is 23.4. The lowest BCUT2D eigenvalue weighted by atomic mass is 9.94. The summed E-state index contributed by atoms with van der Waals surface area (Å²) < 4.78 is 11.2. The van der Waals surface area contributed by atoms with Crippen molar-refractivity contribution in [1.82, 2.24) is 5.32 Å². The van der Waals surface area contributed by atoms with Gasteiger partial charge in [-0.3, -0.25) is 0 Å². The Morgan fingerprint density at radius 3 is 3.00 bits per heavy atom. The molecule has 19 heavy (non-hydrogen) atoms. The van der Waals surface area contributed by atoms with E-state index in [-0.39, 0.29) is 6.04 Å². The van der Waals surface area contributed by atoms with Gasteiger partial charge in [0.15, 0.2) is 0 Å². The molecule has 0 amide bonds. The lowest BCUT2D eigenvalue weighted by Gasteiger charge is -2.30. The van der Waals surface area contributed by atoms with Crippen molar-refractivity contribution in [3.05, 3.63) is 36.1 Å². The van der Waals surface area contributed by atoms with Gasteiger partial charge in [0, 0.05) is 24.4 Å². The number of hydrogen-bond acceptors (Lipinski definition) is 4. The number of fused-ring (bicyclic) bond motifs is 1. The van der Waals surface area contributed by atoms with Crippen molar-refractivity contribution in [2.24, 2.45) is 0 Å². The molecule has 1 aliphatic heterocycles. The molecule has 0 aliphatic carbocycles. The van der Waals surface area contributed by atoms with Gasteiger partial charge < -0.3 is 19.6 Å². The Kier molecular flexibility index (Phi) is 3.31. The summed E-state index contributed by atoms with van der Waals surface area (Å²) in [5.74, 6) is 0.612. The van der Waals surface area contributed by atoms with Crippen molar-refractivity contribution in [1.29, 1.82) is 0 Å². The highest BCUT2D eigenvalue weighted by Gasteiger charge is 2.31. The van der Waals surface area contributed by atoms with E-state index in [0.29, 0.717) is 18.8 Å². The fourth-order valence-electron chi connectivity index (χ4n) is 2.58. The second-order valence-corrected chi connectivity index (χ2v) is 5.35. The van der Waals surface area contributed by atoms with Gasteiger partial charge in [-0.15, -0.1) is 0 Å². The molecular weight excluding hydrogens is 242 g/mol. The maximum absolute atomic E-state index is 10.6. The average molecular weight is 261 g/mol. The number of nitrogens with one attached hydrogen (secondary N) is 1. The number of ether oxygens (including phenoxy) is 1. The van der Waals surface area contributed by atoms with Gasteiger partial charge in [-0.2, -0.15) is 0 Å². The Morgan fingerprint density at radius 2 is 2.26 bits per heavy atom. The van der Waals surface area contributed by atoms with Gasteiger partial charge in [-0.05, 0) is 19.1 Å². The predicted molar refractivity (Wildman–Crippen MR) is 73.0 cm³/mol. The van der Waals surface area contributed by atoms with Crippen molar-refractivity contribution in [2.45, 2.75) is 25.0 Å². The zero-order valence-corrected chi connectivity index (χ0v) is 11.1. The summed E-state index contributed by atoms with van der Waals surface area (Å²) >= 11 is 0. The van der Waals surface area contributed by atoms with Crippen LogP contribution in [0.5, 0.6) is 0 Å². The second kappa shape index (κ2) is 4.96. The first-order valence-corrected chi connectivity index (χ1v) is 6.68. The summed E-state index contributed by atoms with van der Waals surface area (Å²) in [4.78, 5) is 0. The molecule has 0 saturated carbocycles. The number of hydrogen-bond donors (Lipinski definition) is 2. The molecule has 0 spiro atoms. The highest BCUT2D eigenvalue weighted by Crippen LogP contribution is 2.31. The summed E-state index contributed by atoms with van der Waals surface area (Å²) in [7, 11) is 0. The minimum atomic E-state index is -0.989. The minimum absolute atomic E-state index is 0.164. The molecule has 2 heterocycles. The van der Waals surface area contributed by atoms with E-state index in [1.165, 1.54) is 0 Å². The fraction of sp³-hybridized carbons (Fsp3) is 0.467. The van der Waals surface area contributed by atoms with Crippen LogP contribution in [0.4, 0.5) is 0 Å². The fourth-order valence-corrected chi connectivity index (χ4v) is 2.58. The first kappa shape index (κ1) is 12.7. The number of morpholine rings is 1. The zero-order chi connectivity index (χ0) is 13.3. The van der Waals surface area contributed by atoms with Crippen molar-refractivity contribution < 1.29 is 14.3 Å². The van der Waals surface area contributed by atoms with Crippen molar-refractivity contribution in [3.8, 4) is 0 Å². The smallest absolute Gasteiger partial charge is 0.136 e. The summed E-state index contributed by atoms with van der Waals surface area (Å²) in [5.41, 5.74) is -0.178. The molecule has 1 saturated heterocycles. The topological polar surface area (TPSA) is 54.6 Å². The van der Waals surface area contributed by atoms with Crippen molar-refractivity contribution in [3.63, 3.8) is 0 Å².